The molecule has 5 nitrogen and oxygen atoms in total. The summed E-state index contributed by atoms with van der Waals surface area (Å²) in [6, 6.07) is 4.12. The molecule has 0 bridgehead atoms. The molecule has 21 heavy (non-hydrogen) atoms. The molecule has 0 saturated carbocycles. The van der Waals surface area contributed by atoms with Crippen molar-refractivity contribution in [3.05, 3.63) is 33.3 Å². The Kier molecular flexibility index (Phi) is 5.52. The summed E-state index contributed by atoms with van der Waals surface area (Å²) in [5, 5.41) is 6.41. The molecular weight excluding hydrogens is 284 g/mol. The van der Waals surface area contributed by atoms with Crippen LogP contribution >= 0.6 is 11.3 Å². The first kappa shape index (κ1) is 15.7. The van der Waals surface area contributed by atoms with Crippen molar-refractivity contribution in [2.24, 2.45) is 0 Å². The summed E-state index contributed by atoms with van der Waals surface area (Å²) < 4.78 is 5.38. The quantitative estimate of drug-likeness (QED) is 0.821. The number of nitrogens with one attached hydrogen (secondary N) is 2. The van der Waals surface area contributed by atoms with Crippen molar-refractivity contribution in [1.29, 1.82) is 0 Å². The molecule has 2 rings (SSSR count). The maximum atomic E-state index is 5.38. The van der Waals surface area contributed by atoms with E-state index in [2.05, 4.69) is 40.5 Å². The van der Waals surface area contributed by atoms with Gasteiger partial charge in [-0.3, -0.25) is 0 Å². The van der Waals surface area contributed by atoms with E-state index in [9.17, 15) is 0 Å². The summed E-state index contributed by atoms with van der Waals surface area (Å²) in [6.45, 7) is 8.10. The van der Waals surface area contributed by atoms with Gasteiger partial charge in [0.05, 0.1) is 6.54 Å². The van der Waals surface area contributed by atoms with Crippen LogP contribution in [0.2, 0.25) is 0 Å². The van der Waals surface area contributed by atoms with Crippen LogP contribution in [0.15, 0.2) is 12.1 Å². The van der Waals surface area contributed by atoms with Crippen LogP contribution in [0.4, 0.5) is 11.6 Å². The predicted octanol–water partition coefficient (Wildman–Crippen LogP) is 3.35. The maximum absolute atomic E-state index is 5.38. The molecule has 0 spiro atoms. The Labute approximate surface area is 129 Å². The van der Waals surface area contributed by atoms with Crippen molar-refractivity contribution in [3.63, 3.8) is 0 Å². The number of anilines is 2. The molecule has 0 aliphatic carbocycles. The molecule has 0 saturated heterocycles. The van der Waals surface area contributed by atoms with Gasteiger partial charge < -0.3 is 15.4 Å². The minimum absolute atomic E-state index is 0.428. The van der Waals surface area contributed by atoms with E-state index in [1.165, 1.54) is 15.3 Å². The number of aryl methyl sites for hydroxylation is 2. The Balaban J connectivity index is 2.07. The van der Waals surface area contributed by atoms with Crippen molar-refractivity contribution in [3.8, 4) is 0 Å². The van der Waals surface area contributed by atoms with Crippen LogP contribution in [-0.4, -0.2) is 23.6 Å². The monoisotopic (exact) mass is 306 g/mol. The van der Waals surface area contributed by atoms with Crippen LogP contribution in [0.25, 0.3) is 0 Å². The topological polar surface area (TPSA) is 59.1 Å². The molecule has 2 heterocycles. The highest BCUT2D eigenvalue weighted by atomic mass is 32.1. The first-order valence-electron chi connectivity index (χ1n) is 7.05. The van der Waals surface area contributed by atoms with Crippen LogP contribution in [-0.2, 0) is 17.9 Å². The van der Waals surface area contributed by atoms with Gasteiger partial charge in [-0.05, 0) is 32.4 Å². The zero-order chi connectivity index (χ0) is 15.2. The molecular formula is C15H22N4OS. The van der Waals surface area contributed by atoms with Crippen molar-refractivity contribution >= 4 is 23.0 Å². The number of hydrogen-bond donors (Lipinski definition) is 2. The van der Waals surface area contributed by atoms with Crippen LogP contribution < -0.4 is 10.6 Å². The highest BCUT2D eigenvalue weighted by molar-refractivity contribution is 7.12. The lowest BCUT2D eigenvalue weighted by Crippen LogP contribution is -2.07. The maximum Gasteiger partial charge on any atom is 0.158 e. The summed E-state index contributed by atoms with van der Waals surface area (Å²) in [5.41, 5.74) is 1.34. The van der Waals surface area contributed by atoms with Gasteiger partial charge >= 0.3 is 0 Å². The Morgan fingerprint density at radius 2 is 1.95 bits per heavy atom. The normalized spacial score (nSPS) is 10.7. The van der Waals surface area contributed by atoms with Gasteiger partial charge in [0.15, 0.2) is 5.82 Å². The van der Waals surface area contributed by atoms with E-state index in [4.69, 9.17) is 4.74 Å². The lowest BCUT2D eigenvalue weighted by Gasteiger charge is -2.09. The Morgan fingerprint density at radius 3 is 2.57 bits per heavy atom. The average Bonchev–Trinajstić information content (AvgIpc) is 2.81. The van der Waals surface area contributed by atoms with Gasteiger partial charge in [0, 0.05) is 29.5 Å². The predicted molar refractivity (Wildman–Crippen MR) is 88.0 cm³/mol. The van der Waals surface area contributed by atoms with E-state index < -0.39 is 0 Å². The average molecular weight is 306 g/mol. The van der Waals surface area contributed by atoms with Gasteiger partial charge in [-0.1, -0.05) is 0 Å². The van der Waals surface area contributed by atoms with Crippen LogP contribution in [0.3, 0.4) is 0 Å². The van der Waals surface area contributed by atoms with Gasteiger partial charge in [0.25, 0.3) is 0 Å². The smallest absolute Gasteiger partial charge is 0.158 e. The molecule has 2 aromatic heterocycles. The van der Waals surface area contributed by atoms with E-state index in [-0.39, 0.29) is 0 Å². The first-order chi connectivity index (χ1) is 10.1. The number of ether oxygens (including phenoxy) is 1. The largest absolute Gasteiger partial charge is 0.374 e. The fourth-order valence-electron chi connectivity index (χ4n) is 1.89. The first-order valence-corrected chi connectivity index (χ1v) is 7.87. The van der Waals surface area contributed by atoms with Crippen LogP contribution in [0, 0.1) is 13.8 Å². The number of nitrogens with zero attached hydrogens (tertiary/aromatic N) is 2. The van der Waals surface area contributed by atoms with Gasteiger partial charge in [-0.2, -0.15) is 0 Å². The summed E-state index contributed by atoms with van der Waals surface area (Å²) in [6.07, 6.45) is 0. The van der Waals surface area contributed by atoms with E-state index in [1.807, 2.05) is 31.4 Å². The second-order valence-corrected chi connectivity index (χ2v) is 6.09. The molecule has 114 valence electrons. The summed E-state index contributed by atoms with van der Waals surface area (Å²) in [4.78, 5) is 11.5. The molecule has 0 atom stereocenters. The summed E-state index contributed by atoms with van der Waals surface area (Å²) in [7, 11) is 1.85. The van der Waals surface area contributed by atoms with Crippen molar-refractivity contribution in [2.75, 3.05) is 24.3 Å². The molecule has 0 amide bonds. The number of rotatable bonds is 7. The lowest BCUT2D eigenvalue weighted by atomic mass is 10.3. The molecule has 0 aliphatic rings. The van der Waals surface area contributed by atoms with Crippen molar-refractivity contribution in [1.82, 2.24) is 9.97 Å². The Morgan fingerprint density at radius 1 is 1.19 bits per heavy atom. The number of aromatic nitrogens is 2. The van der Waals surface area contributed by atoms with E-state index >= 15 is 0 Å². The second-order valence-electron chi connectivity index (χ2n) is 4.75. The highest BCUT2D eigenvalue weighted by Crippen LogP contribution is 2.21. The molecule has 2 aromatic rings. The molecule has 0 unspecified atom stereocenters. The summed E-state index contributed by atoms with van der Waals surface area (Å²) in [5.74, 6) is 2.29. The fourth-order valence-corrected chi connectivity index (χ4v) is 2.88. The number of hydrogen-bond acceptors (Lipinski definition) is 6. The third-order valence-corrected chi connectivity index (χ3v) is 4.28. The highest BCUT2D eigenvalue weighted by Gasteiger charge is 2.06. The molecule has 0 fully saturated rings. The Hall–Kier alpha value is -1.66. The van der Waals surface area contributed by atoms with E-state index in [1.54, 1.807) is 0 Å². The third-order valence-electron chi connectivity index (χ3n) is 3.12. The zero-order valence-electron chi connectivity index (χ0n) is 13.0. The van der Waals surface area contributed by atoms with Crippen LogP contribution in [0.5, 0.6) is 0 Å². The minimum Gasteiger partial charge on any atom is -0.374 e. The van der Waals surface area contributed by atoms with Crippen molar-refractivity contribution in [2.45, 2.75) is 33.9 Å². The zero-order valence-corrected chi connectivity index (χ0v) is 13.8. The number of thiophene rings is 1. The molecule has 2 N–H and O–H groups in total. The van der Waals surface area contributed by atoms with E-state index in [0.29, 0.717) is 19.0 Å². The minimum atomic E-state index is 0.428. The molecule has 0 aromatic carbocycles. The Bertz CT molecular complexity index is 578. The van der Waals surface area contributed by atoms with Gasteiger partial charge in [-0.15, -0.1) is 11.3 Å². The van der Waals surface area contributed by atoms with E-state index in [0.717, 1.165) is 18.2 Å². The lowest BCUT2D eigenvalue weighted by molar-refractivity contribution is 0.128. The molecule has 0 radical (unpaired) electrons. The SMILES string of the molecule is CCOCc1nc(NC)cc(NCc2cc(C)c(C)s2)n1. The van der Waals surface area contributed by atoms with Gasteiger partial charge in [0.2, 0.25) is 0 Å². The fraction of sp³-hybridized carbons (Fsp3) is 0.467. The molecule has 0 aliphatic heterocycles. The van der Waals surface area contributed by atoms with Gasteiger partial charge in [0.1, 0.15) is 18.2 Å². The van der Waals surface area contributed by atoms with Gasteiger partial charge in [-0.25, -0.2) is 9.97 Å². The standard InChI is InChI=1S/C15H22N4OS/c1-5-20-9-15-18-13(16-4)7-14(19-15)17-8-12-6-10(2)11(3)21-12/h6-7H,5,8-9H2,1-4H3,(H2,16,17,18,19). The van der Waals surface area contributed by atoms with Crippen LogP contribution in [0.1, 0.15) is 28.1 Å². The third kappa shape index (κ3) is 4.41. The molecule has 6 heteroatoms. The summed E-state index contributed by atoms with van der Waals surface area (Å²) >= 11 is 1.82. The van der Waals surface area contributed by atoms with Crippen molar-refractivity contribution < 1.29 is 4.74 Å². The second kappa shape index (κ2) is 7.38.